The van der Waals surface area contributed by atoms with E-state index in [2.05, 4.69) is 0 Å². The molecule has 0 unspecified atom stereocenters. The van der Waals surface area contributed by atoms with Crippen molar-refractivity contribution < 1.29 is 29.7 Å². The highest BCUT2D eigenvalue weighted by Crippen LogP contribution is 2.14. The van der Waals surface area contributed by atoms with Crippen LogP contribution in [0.2, 0.25) is 0 Å². The van der Waals surface area contributed by atoms with E-state index in [4.69, 9.17) is 5.11 Å². The number of aliphatic carboxylic acids is 2. The second-order valence-electron chi connectivity index (χ2n) is 2.75. The highest BCUT2D eigenvalue weighted by atomic mass is 16.4. The summed E-state index contributed by atoms with van der Waals surface area (Å²) in [6.45, 7) is 1.03. The fraction of sp³-hybridized carbons (Fsp3) is 0.571. The Morgan fingerprint density at radius 3 is 1.92 bits per heavy atom. The van der Waals surface area contributed by atoms with Crippen molar-refractivity contribution in [1.29, 1.82) is 0 Å². The number of carboxylic acids is 2. The molecule has 74 valence electrons. The van der Waals surface area contributed by atoms with Gasteiger partial charge in [0.2, 0.25) is 0 Å². The summed E-state index contributed by atoms with van der Waals surface area (Å²) in [4.78, 5) is 30.8. The predicted molar refractivity (Wildman–Crippen MR) is 34.9 cm³/mol. The fourth-order valence-electron chi connectivity index (χ4n) is 0.857. The zero-order valence-corrected chi connectivity index (χ0v) is 6.90. The molecular weight excluding hydrogens is 180 g/mol. The van der Waals surface area contributed by atoms with Gasteiger partial charge in [-0.3, -0.25) is 4.79 Å². The molecule has 0 bridgehead atoms. The van der Waals surface area contributed by atoms with Gasteiger partial charge in [-0.25, -0.2) is 0 Å². The van der Waals surface area contributed by atoms with Crippen LogP contribution >= 0.6 is 0 Å². The molecule has 0 saturated heterocycles. The number of carbonyl (C=O) groups excluding carboxylic acids is 3. The van der Waals surface area contributed by atoms with Crippen molar-refractivity contribution in [3.05, 3.63) is 0 Å². The first-order valence-corrected chi connectivity index (χ1v) is 3.41. The molecule has 0 amide bonds. The van der Waals surface area contributed by atoms with Crippen LogP contribution in [0.3, 0.4) is 0 Å². The van der Waals surface area contributed by atoms with Crippen molar-refractivity contribution in [3.8, 4) is 0 Å². The van der Waals surface area contributed by atoms with Gasteiger partial charge in [-0.2, -0.15) is 0 Å². The molecule has 1 N–H and O–H groups in total. The van der Waals surface area contributed by atoms with Gasteiger partial charge in [0.05, 0.1) is 5.97 Å². The number of Topliss-reactive ketones (excluding diaryl/α,β-unsaturated/α-hetero) is 1. The first-order valence-electron chi connectivity index (χ1n) is 3.41. The van der Waals surface area contributed by atoms with E-state index in [1.807, 2.05) is 0 Å². The molecule has 0 aliphatic rings. The summed E-state index contributed by atoms with van der Waals surface area (Å²) in [5, 5.41) is 29.4. The second-order valence-corrected chi connectivity index (χ2v) is 2.75. The van der Waals surface area contributed by atoms with Crippen LogP contribution < -0.4 is 10.2 Å². The van der Waals surface area contributed by atoms with Gasteiger partial charge < -0.3 is 24.9 Å². The molecule has 0 aromatic rings. The average molecular weight is 188 g/mol. The van der Waals surface area contributed by atoms with Crippen LogP contribution in [-0.2, 0) is 14.4 Å². The highest BCUT2D eigenvalue weighted by molar-refractivity contribution is 5.88. The van der Waals surface area contributed by atoms with Gasteiger partial charge in [-0.1, -0.05) is 0 Å². The maximum Gasteiger partial charge on any atom is 0.133 e. The number of carboxylic acid groups (broad SMARTS) is 2. The maximum absolute atomic E-state index is 10.5. The molecule has 0 aliphatic heterocycles. The molecule has 6 heteroatoms. The van der Waals surface area contributed by atoms with Gasteiger partial charge >= 0.3 is 0 Å². The third-order valence-corrected chi connectivity index (χ3v) is 1.36. The smallest absolute Gasteiger partial charge is 0.133 e. The first kappa shape index (κ1) is 11.6. The summed E-state index contributed by atoms with van der Waals surface area (Å²) in [5.41, 5.74) is -2.66. The fourth-order valence-corrected chi connectivity index (χ4v) is 0.857. The number of ketones is 1. The molecule has 0 spiro atoms. The van der Waals surface area contributed by atoms with Gasteiger partial charge in [-0.05, 0) is 6.92 Å². The third kappa shape index (κ3) is 3.66. The Morgan fingerprint density at radius 1 is 1.23 bits per heavy atom. The van der Waals surface area contributed by atoms with Crippen LogP contribution in [-0.4, -0.2) is 28.4 Å². The lowest BCUT2D eigenvalue weighted by molar-refractivity contribution is -0.333. The van der Waals surface area contributed by atoms with Crippen molar-refractivity contribution in [1.82, 2.24) is 0 Å². The summed E-state index contributed by atoms with van der Waals surface area (Å²) in [7, 11) is 0. The van der Waals surface area contributed by atoms with E-state index in [1.165, 1.54) is 0 Å². The molecule has 0 aliphatic carbocycles. The summed E-state index contributed by atoms with van der Waals surface area (Å²) in [6, 6.07) is 0. The molecule has 0 rings (SSSR count). The summed E-state index contributed by atoms with van der Waals surface area (Å²) < 4.78 is 0. The second kappa shape index (κ2) is 3.99. The minimum atomic E-state index is -2.66. The van der Waals surface area contributed by atoms with Crippen molar-refractivity contribution in [2.45, 2.75) is 25.4 Å². The Balaban J connectivity index is 4.62. The van der Waals surface area contributed by atoms with Crippen molar-refractivity contribution in [3.63, 3.8) is 0 Å². The molecule has 0 saturated carbocycles. The van der Waals surface area contributed by atoms with Gasteiger partial charge in [0.1, 0.15) is 11.4 Å². The number of rotatable bonds is 5. The van der Waals surface area contributed by atoms with E-state index in [0.29, 0.717) is 0 Å². The zero-order valence-electron chi connectivity index (χ0n) is 6.90. The van der Waals surface area contributed by atoms with Crippen LogP contribution in [0, 0.1) is 0 Å². The Hall–Kier alpha value is -1.43. The quantitative estimate of drug-likeness (QED) is 0.480. The van der Waals surface area contributed by atoms with Crippen molar-refractivity contribution in [2.24, 2.45) is 0 Å². The van der Waals surface area contributed by atoms with E-state index in [0.717, 1.165) is 6.92 Å². The SMILES string of the molecule is CC(=O)C[C@@](O)(CC(=O)[O-])C(=O)[O-]. The molecular formula is C7H8O6-2. The van der Waals surface area contributed by atoms with Crippen LogP contribution in [0.5, 0.6) is 0 Å². The lowest BCUT2D eigenvalue weighted by Crippen LogP contribution is -2.52. The van der Waals surface area contributed by atoms with E-state index >= 15 is 0 Å². The molecule has 0 heterocycles. The van der Waals surface area contributed by atoms with Crippen LogP contribution in [0.15, 0.2) is 0 Å². The minimum Gasteiger partial charge on any atom is -0.550 e. The minimum absolute atomic E-state index is 0.645. The molecule has 6 nitrogen and oxygen atoms in total. The molecule has 1 atom stereocenters. The molecule has 0 fully saturated rings. The van der Waals surface area contributed by atoms with Crippen LogP contribution in [0.25, 0.3) is 0 Å². The van der Waals surface area contributed by atoms with E-state index < -0.39 is 36.2 Å². The summed E-state index contributed by atoms with van der Waals surface area (Å²) >= 11 is 0. The Labute approximate surface area is 73.8 Å². The molecule has 0 radical (unpaired) electrons. The predicted octanol–water partition coefficient (Wildman–Crippen LogP) is -3.41. The van der Waals surface area contributed by atoms with Crippen molar-refractivity contribution >= 4 is 17.7 Å². The summed E-state index contributed by atoms with van der Waals surface area (Å²) in [5.74, 6) is -4.40. The topological polar surface area (TPSA) is 118 Å². The summed E-state index contributed by atoms with van der Waals surface area (Å²) in [6.07, 6.45) is -1.96. The van der Waals surface area contributed by atoms with E-state index in [1.54, 1.807) is 0 Å². The zero-order chi connectivity index (χ0) is 10.6. The number of hydrogen-bond donors (Lipinski definition) is 1. The number of carbonyl (C=O) groups is 3. The van der Waals surface area contributed by atoms with Gasteiger partial charge in [-0.15, -0.1) is 0 Å². The highest BCUT2D eigenvalue weighted by Gasteiger charge is 2.30. The van der Waals surface area contributed by atoms with Crippen molar-refractivity contribution in [2.75, 3.05) is 0 Å². The first-order chi connectivity index (χ1) is 5.78. The third-order valence-electron chi connectivity index (χ3n) is 1.36. The average Bonchev–Trinajstić information content (AvgIpc) is 1.82. The molecule has 0 aromatic heterocycles. The van der Waals surface area contributed by atoms with Crippen LogP contribution in [0.1, 0.15) is 19.8 Å². The Kier molecular flexibility index (Phi) is 3.55. The monoisotopic (exact) mass is 188 g/mol. The van der Waals surface area contributed by atoms with E-state index in [-0.39, 0.29) is 0 Å². The number of aliphatic hydroxyl groups is 1. The van der Waals surface area contributed by atoms with Crippen LogP contribution in [0.4, 0.5) is 0 Å². The largest absolute Gasteiger partial charge is 0.550 e. The van der Waals surface area contributed by atoms with Gasteiger partial charge in [0, 0.05) is 18.8 Å². The maximum atomic E-state index is 10.5. The Morgan fingerprint density at radius 2 is 1.69 bits per heavy atom. The number of hydrogen-bond acceptors (Lipinski definition) is 6. The lowest BCUT2D eigenvalue weighted by atomic mass is 9.94. The lowest BCUT2D eigenvalue weighted by Gasteiger charge is -2.28. The van der Waals surface area contributed by atoms with E-state index in [9.17, 15) is 24.6 Å². The normalized spacial score (nSPS) is 14.6. The molecule has 13 heavy (non-hydrogen) atoms. The molecule has 0 aromatic carbocycles. The van der Waals surface area contributed by atoms with Gasteiger partial charge in [0.25, 0.3) is 0 Å². The Bertz CT molecular complexity index is 227. The standard InChI is InChI=1S/C7H10O6/c1-4(8)2-7(13,6(11)12)3-5(9)10/h13H,2-3H2,1H3,(H,9,10)(H,11,12)/p-2/t7-/m1/s1. The van der Waals surface area contributed by atoms with Gasteiger partial charge in [0.15, 0.2) is 0 Å².